The molecule has 8 heteroatoms. The van der Waals surface area contributed by atoms with Gasteiger partial charge in [0.2, 0.25) is 0 Å². The highest BCUT2D eigenvalue weighted by molar-refractivity contribution is 7.94. The Morgan fingerprint density at radius 2 is 2.31 bits per heavy atom. The van der Waals surface area contributed by atoms with Gasteiger partial charge in [0.05, 0.1) is 18.1 Å². The van der Waals surface area contributed by atoms with Gasteiger partial charge in [0.1, 0.15) is 5.02 Å². The zero-order valence-corrected chi connectivity index (χ0v) is 9.55. The van der Waals surface area contributed by atoms with Crippen LogP contribution < -0.4 is 10.9 Å². The number of halogens is 1. The van der Waals surface area contributed by atoms with Gasteiger partial charge in [0.15, 0.2) is 15.7 Å². The van der Waals surface area contributed by atoms with Gasteiger partial charge in [0, 0.05) is 5.41 Å². The third-order valence-corrected chi connectivity index (χ3v) is 3.79. The molecule has 0 bridgehead atoms. The lowest BCUT2D eigenvalue weighted by Crippen LogP contribution is -2.23. The Morgan fingerprint density at radius 1 is 1.56 bits per heavy atom. The van der Waals surface area contributed by atoms with Crippen molar-refractivity contribution < 1.29 is 8.42 Å². The van der Waals surface area contributed by atoms with Gasteiger partial charge in [-0.15, -0.1) is 0 Å². The molecular weight excluding hydrogens is 254 g/mol. The number of hydrogen-bond acceptors (Lipinski definition) is 5. The number of rotatable bonds is 2. The Balaban J connectivity index is 2.21. The number of nitrogens with zero attached hydrogens (tertiary/aromatic N) is 1. The van der Waals surface area contributed by atoms with Gasteiger partial charge in [-0.3, -0.25) is 4.79 Å². The standard InChI is InChI=1S/C8H8ClN3O3S/c9-6-7(10-4-11-8(6)13)12-5-1-2-16(14,15)3-5/h1-2,4-5H,3H2,(H2,10,11,12,13). The van der Waals surface area contributed by atoms with E-state index in [0.717, 1.165) is 5.41 Å². The van der Waals surface area contributed by atoms with Crippen molar-refractivity contribution in [2.24, 2.45) is 0 Å². The molecule has 86 valence electrons. The number of H-pyrrole nitrogens is 1. The summed E-state index contributed by atoms with van der Waals surface area (Å²) < 4.78 is 22.3. The predicted octanol–water partition coefficient (Wildman–Crippen LogP) is 0.146. The van der Waals surface area contributed by atoms with Crippen LogP contribution in [-0.4, -0.2) is 30.2 Å². The summed E-state index contributed by atoms with van der Waals surface area (Å²) in [7, 11) is -3.14. The fourth-order valence-electron chi connectivity index (χ4n) is 1.32. The highest BCUT2D eigenvalue weighted by Gasteiger charge is 2.22. The van der Waals surface area contributed by atoms with Crippen molar-refractivity contribution in [2.45, 2.75) is 6.04 Å². The van der Waals surface area contributed by atoms with Crippen LogP contribution in [-0.2, 0) is 9.84 Å². The number of sulfone groups is 1. The van der Waals surface area contributed by atoms with Gasteiger partial charge < -0.3 is 10.3 Å². The normalized spacial score (nSPS) is 22.2. The molecule has 0 fully saturated rings. The first kappa shape index (κ1) is 11.2. The average molecular weight is 262 g/mol. The first-order chi connectivity index (χ1) is 7.48. The predicted molar refractivity (Wildman–Crippen MR) is 60.2 cm³/mol. The summed E-state index contributed by atoms with van der Waals surface area (Å²) in [6.45, 7) is 0. The van der Waals surface area contributed by atoms with E-state index in [9.17, 15) is 13.2 Å². The number of hydrogen-bond donors (Lipinski definition) is 2. The lowest BCUT2D eigenvalue weighted by molar-refractivity contribution is 0.605. The molecular formula is C8H8ClN3O3S. The second-order valence-corrected chi connectivity index (χ2v) is 5.61. The van der Waals surface area contributed by atoms with Crippen molar-refractivity contribution in [3.05, 3.63) is 33.2 Å². The van der Waals surface area contributed by atoms with Crippen LogP contribution in [0, 0.1) is 0 Å². The molecule has 0 aliphatic carbocycles. The van der Waals surface area contributed by atoms with E-state index in [1.54, 1.807) is 0 Å². The number of anilines is 1. The highest BCUT2D eigenvalue weighted by Crippen LogP contribution is 2.17. The van der Waals surface area contributed by atoms with Crippen molar-refractivity contribution in [3.63, 3.8) is 0 Å². The second kappa shape index (κ2) is 3.91. The fourth-order valence-corrected chi connectivity index (χ4v) is 2.72. The first-order valence-corrected chi connectivity index (χ1v) is 6.48. The molecule has 2 N–H and O–H groups in total. The number of aromatic amines is 1. The Kier molecular flexibility index (Phi) is 2.73. The third-order valence-electron chi connectivity index (χ3n) is 2.05. The van der Waals surface area contributed by atoms with E-state index >= 15 is 0 Å². The maximum atomic E-state index is 11.1. The van der Waals surface area contributed by atoms with Crippen LogP contribution in [0.2, 0.25) is 5.02 Å². The number of nitrogens with one attached hydrogen (secondary N) is 2. The van der Waals surface area contributed by atoms with E-state index in [1.807, 2.05) is 0 Å². The molecule has 1 aliphatic heterocycles. The molecule has 6 nitrogen and oxygen atoms in total. The maximum absolute atomic E-state index is 11.1. The van der Waals surface area contributed by atoms with Crippen LogP contribution in [0.4, 0.5) is 5.82 Å². The minimum absolute atomic E-state index is 0.0577. The van der Waals surface area contributed by atoms with Crippen LogP contribution >= 0.6 is 11.6 Å². The molecule has 2 rings (SSSR count). The van der Waals surface area contributed by atoms with Crippen LogP contribution in [0.15, 0.2) is 22.6 Å². The maximum Gasteiger partial charge on any atom is 0.271 e. The van der Waals surface area contributed by atoms with E-state index in [2.05, 4.69) is 15.3 Å². The summed E-state index contributed by atoms with van der Waals surface area (Å²) in [5.74, 6) is 0.120. The summed E-state index contributed by atoms with van der Waals surface area (Å²) in [6, 6.07) is -0.406. The van der Waals surface area contributed by atoms with Crippen molar-refractivity contribution in [1.29, 1.82) is 0 Å². The molecule has 0 spiro atoms. The van der Waals surface area contributed by atoms with Crippen LogP contribution in [0.5, 0.6) is 0 Å². The van der Waals surface area contributed by atoms with E-state index < -0.39 is 21.4 Å². The van der Waals surface area contributed by atoms with Gasteiger partial charge >= 0.3 is 0 Å². The molecule has 1 aliphatic rings. The third kappa shape index (κ3) is 2.25. The Labute approximate surface area is 96.3 Å². The van der Waals surface area contributed by atoms with Crippen molar-refractivity contribution in [3.8, 4) is 0 Å². The summed E-state index contributed by atoms with van der Waals surface area (Å²) in [5.41, 5.74) is -0.469. The largest absolute Gasteiger partial charge is 0.361 e. The van der Waals surface area contributed by atoms with Gasteiger partial charge in [-0.1, -0.05) is 11.6 Å². The molecule has 0 aromatic carbocycles. The van der Waals surface area contributed by atoms with Gasteiger partial charge in [-0.2, -0.15) is 0 Å². The minimum Gasteiger partial charge on any atom is -0.361 e. The molecule has 0 saturated heterocycles. The molecule has 16 heavy (non-hydrogen) atoms. The molecule has 0 amide bonds. The Morgan fingerprint density at radius 3 is 2.94 bits per heavy atom. The van der Waals surface area contributed by atoms with Gasteiger partial charge in [-0.25, -0.2) is 13.4 Å². The van der Waals surface area contributed by atoms with E-state index in [1.165, 1.54) is 12.4 Å². The average Bonchev–Trinajstić information content (AvgIpc) is 2.53. The molecule has 2 heterocycles. The molecule has 1 unspecified atom stereocenters. The second-order valence-electron chi connectivity index (χ2n) is 3.30. The fraction of sp³-hybridized carbons (Fsp3) is 0.250. The van der Waals surface area contributed by atoms with Crippen LogP contribution in [0.3, 0.4) is 0 Å². The Bertz CT molecular complexity index is 593. The van der Waals surface area contributed by atoms with E-state index in [4.69, 9.17) is 11.6 Å². The zero-order valence-electron chi connectivity index (χ0n) is 7.97. The summed E-state index contributed by atoms with van der Waals surface area (Å²) in [5, 5.41) is 3.82. The molecule has 1 atom stereocenters. The Hall–Kier alpha value is -1.34. The SMILES string of the molecule is O=c1[nH]cnc(NC2C=CS(=O)(=O)C2)c1Cl. The number of aromatic nitrogens is 2. The topological polar surface area (TPSA) is 91.9 Å². The van der Waals surface area contributed by atoms with Crippen molar-refractivity contribution in [2.75, 3.05) is 11.1 Å². The van der Waals surface area contributed by atoms with E-state index in [0.29, 0.717) is 0 Å². The summed E-state index contributed by atoms with van der Waals surface area (Å²) in [4.78, 5) is 17.3. The quantitative estimate of drug-likeness (QED) is 0.790. The molecule has 0 saturated carbocycles. The molecule has 1 aromatic heterocycles. The monoisotopic (exact) mass is 261 g/mol. The van der Waals surface area contributed by atoms with Crippen LogP contribution in [0.25, 0.3) is 0 Å². The van der Waals surface area contributed by atoms with Gasteiger partial charge in [-0.05, 0) is 6.08 Å². The minimum atomic E-state index is -3.14. The van der Waals surface area contributed by atoms with Crippen molar-refractivity contribution >= 4 is 27.3 Å². The summed E-state index contributed by atoms with van der Waals surface area (Å²) >= 11 is 5.70. The first-order valence-electron chi connectivity index (χ1n) is 4.38. The van der Waals surface area contributed by atoms with Crippen molar-refractivity contribution in [1.82, 2.24) is 9.97 Å². The van der Waals surface area contributed by atoms with Crippen LogP contribution in [0.1, 0.15) is 0 Å². The zero-order chi connectivity index (χ0) is 11.8. The summed E-state index contributed by atoms with van der Waals surface area (Å²) in [6.07, 6.45) is 2.69. The lowest BCUT2D eigenvalue weighted by Gasteiger charge is -2.10. The highest BCUT2D eigenvalue weighted by atomic mass is 35.5. The smallest absolute Gasteiger partial charge is 0.271 e. The van der Waals surface area contributed by atoms with Gasteiger partial charge in [0.25, 0.3) is 5.56 Å². The van der Waals surface area contributed by atoms with E-state index in [-0.39, 0.29) is 16.6 Å². The molecule has 0 radical (unpaired) electrons. The molecule has 1 aromatic rings. The lowest BCUT2D eigenvalue weighted by atomic mass is 10.3.